The maximum absolute atomic E-state index is 12.0. The molecule has 0 aromatic heterocycles. The Kier molecular flexibility index (Phi) is 5.24. The second kappa shape index (κ2) is 7.14. The lowest BCUT2D eigenvalue weighted by Crippen LogP contribution is -2.40. The van der Waals surface area contributed by atoms with Crippen molar-refractivity contribution in [2.75, 3.05) is 20.3 Å². The van der Waals surface area contributed by atoms with Crippen molar-refractivity contribution in [2.45, 2.75) is 32.0 Å². The number of nitrogens with one attached hydrogen (secondary N) is 1. The van der Waals surface area contributed by atoms with E-state index in [1.807, 2.05) is 12.1 Å². The molecule has 0 spiro atoms. The first-order valence-corrected chi connectivity index (χ1v) is 6.89. The molecule has 1 N–H and O–H groups in total. The summed E-state index contributed by atoms with van der Waals surface area (Å²) in [7, 11) is 1.57. The highest BCUT2D eigenvalue weighted by Crippen LogP contribution is 2.26. The van der Waals surface area contributed by atoms with Crippen LogP contribution in [0.1, 0.15) is 19.8 Å². The molecule has 1 aromatic carbocycles. The third-order valence-corrected chi connectivity index (χ3v) is 3.27. The van der Waals surface area contributed by atoms with E-state index in [0.29, 0.717) is 18.0 Å². The molecule has 0 bridgehead atoms. The first-order valence-electron chi connectivity index (χ1n) is 6.89. The van der Waals surface area contributed by atoms with Crippen LogP contribution in [-0.2, 0) is 9.53 Å². The maximum atomic E-state index is 12.0. The van der Waals surface area contributed by atoms with Gasteiger partial charge in [0.15, 0.2) is 17.6 Å². The predicted molar refractivity (Wildman–Crippen MR) is 75.1 cm³/mol. The van der Waals surface area contributed by atoms with Crippen molar-refractivity contribution >= 4 is 5.91 Å². The molecule has 2 atom stereocenters. The summed E-state index contributed by atoms with van der Waals surface area (Å²) in [5.74, 6) is 1.03. The number of carbonyl (C=O) groups excluding carboxylic acids is 1. The van der Waals surface area contributed by atoms with Gasteiger partial charge < -0.3 is 19.5 Å². The number of carbonyl (C=O) groups is 1. The lowest BCUT2D eigenvalue weighted by molar-refractivity contribution is -0.127. The van der Waals surface area contributed by atoms with Crippen molar-refractivity contribution in [3.05, 3.63) is 24.3 Å². The number of amides is 1. The molecule has 0 saturated carbocycles. The third kappa shape index (κ3) is 3.87. The van der Waals surface area contributed by atoms with Gasteiger partial charge in [0.25, 0.3) is 5.91 Å². The molecule has 1 fully saturated rings. The van der Waals surface area contributed by atoms with Crippen LogP contribution in [0.2, 0.25) is 0 Å². The third-order valence-electron chi connectivity index (χ3n) is 3.27. The highest BCUT2D eigenvalue weighted by atomic mass is 16.5. The summed E-state index contributed by atoms with van der Waals surface area (Å²) in [6.07, 6.45) is 1.63. The van der Waals surface area contributed by atoms with E-state index in [-0.39, 0.29) is 12.0 Å². The Morgan fingerprint density at radius 1 is 1.45 bits per heavy atom. The zero-order chi connectivity index (χ0) is 14.4. The van der Waals surface area contributed by atoms with E-state index in [1.54, 1.807) is 26.2 Å². The molecule has 1 aromatic rings. The lowest BCUT2D eigenvalue weighted by Gasteiger charge is -2.17. The molecule has 20 heavy (non-hydrogen) atoms. The van der Waals surface area contributed by atoms with Crippen LogP contribution in [0.25, 0.3) is 0 Å². The van der Waals surface area contributed by atoms with Crippen LogP contribution >= 0.6 is 0 Å². The van der Waals surface area contributed by atoms with Crippen molar-refractivity contribution in [3.8, 4) is 11.5 Å². The maximum Gasteiger partial charge on any atom is 0.260 e. The Morgan fingerprint density at radius 3 is 2.85 bits per heavy atom. The van der Waals surface area contributed by atoms with Crippen LogP contribution in [-0.4, -0.2) is 38.4 Å². The summed E-state index contributed by atoms with van der Waals surface area (Å²) in [6, 6.07) is 7.28. The smallest absolute Gasteiger partial charge is 0.260 e. The fourth-order valence-electron chi connectivity index (χ4n) is 2.12. The first kappa shape index (κ1) is 14.7. The quantitative estimate of drug-likeness (QED) is 0.862. The van der Waals surface area contributed by atoms with Gasteiger partial charge in [-0.1, -0.05) is 12.1 Å². The molecule has 1 aliphatic rings. The van der Waals surface area contributed by atoms with Gasteiger partial charge in [0, 0.05) is 13.2 Å². The second-order valence-corrected chi connectivity index (χ2v) is 4.79. The normalized spacial score (nSPS) is 19.4. The van der Waals surface area contributed by atoms with E-state index in [1.165, 1.54) is 0 Å². The Morgan fingerprint density at radius 2 is 2.20 bits per heavy atom. The van der Waals surface area contributed by atoms with Crippen LogP contribution in [0.5, 0.6) is 11.5 Å². The minimum absolute atomic E-state index is 0.136. The zero-order valence-corrected chi connectivity index (χ0v) is 11.9. The van der Waals surface area contributed by atoms with E-state index >= 15 is 0 Å². The summed E-state index contributed by atoms with van der Waals surface area (Å²) >= 11 is 0. The van der Waals surface area contributed by atoms with Crippen LogP contribution in [0.4, 0.5) is 0 Å². The van der Waals surface area contributed by atoms with Crippen molar-refractivity contribution in [3.63, 3.8) is 0 Å². The number of rotatable bonds is 6. The Bertz CT molecular complexity index is 443. The number of benzene rings is 1. The molecule has 0 radical (unpaired) electrons. The fraction of sp³-hybridized carbons (Fsp3) is 0.533. The van der Waals surface area contributed by atoms with E-state index in [4.69, 9.17) is 14.2 Å². The molecule has 5 heteroatoms. The molecular weight excluding hydrogens is 258 g/mol. The van der Waals surface area contributed by atoms with Crippen molar-refractivity contribution in [1.29, 1.82) is 0 Å². The van der Waals surface area contributed by atoms with Gasteiger partial charge in [0.05, 0.1) is 13.2 Å². The summed E-state index contributed by atoms with van der Waals surface area (Å²) < 4.78 is 16.3. The number of para-hydroxylation sites is 2. The highest BCUT2D eigenvalue weighted by molar-refractivity contribution is 5.80. The summed E-state index contributed by atoms with van der Waals surface area (Å²) in [5, 5.41) is 2.85. The Balaban J connectivity index is 1.83. The van der Waals surface area contributed by atoms with Gasteiger partial charge in [-0.25, -0.2) is 0 Å². The van der Waals surface area contributed by atoms with Gasteiger partial charge in [-0.3, -0.25) is 4.79 Å². The molecule has 0 unspecified atom stereocenters. The molecule has 1 heterocycles. The van der Waals surface area contributed by atoms with Gasteiger partial charge >= 0.3 is 0 Å². The monoisotopic (exact) mass is 279 g/mol. The Labute approximate surface area is 119 Å². The second-order valence-electron chi connectivity index (χ2n) is 4.79. The van der Waals surface area contributed by atoms with Gasteiger partial charge in [-0.15, -0.1) is 0 Å². The molecule has 5 nitrogen and oxygen atoms in total. The average Bonchev–Trinajstić information content (AvgIpc) is 2.98. The lowest BCUT2D eigenvalue weighted by atomic mass is 10.2. The molecule has 1 aliphatic heterocycles. The van der Waals surface area contributed by atoms with Crippen LogP contribution in [0.15, 0.2) is 24.3 Å². The minimum Gasteiger partial charge on any atom is -0.493 e. The van der Waals surface area contributed by atoms with Crippen LogP contribution in [0.3, 0.4) is 0 Å². The molecule has 1 saturated heterocycles. The van der Waals surface area contributed by atoms with Gasteiger partial charge in [0.1, 0.15) is 0 Å². The zero-order valence-electron chi connectivity index (χ0n) is 11.9. The van der Waals surface area contributed by atoms with E-state index < -0.39 is 6.10 Å². The topological polar surface area (TPSA) is 56.8 Å². The summed E-state index contributed by atoms with van der Waals surface area (Å²) in [6.45, 7) is 3.05. The van der Waals surface area contributed by atoms with Gasteiger partial charge in [-0.05, 0) is 31.9 Å². The van der Waals surface area contributed by atoms with E-state index in [0.717, 1.165) is 19.4 Å². The largest absolute Gasteiger partial charge is 0.493 e. The number of hydrogen-bond acceptors (Lipinski definition) is 4. The van der Waals surface area contributed by atoms with Crippen LogP contribution in [0, 0.1) is 0 Å². The number of methoxy groups -OCH3 is 1. The van der Waals surface area contributed by atoms with Crippen molar-refractivity contribution in [1.82, 2.24) is 5.32 Å². The molecular formula is C15H21NO4. The first-order chi connectivity index (χ1) is 9.70. The average molecular weight is 279 g/mol. The van der Waals surface area contributed by atoms with Crippen LogP contribution < -0.4 is 14.8 Å². The van der Waals surface area contributed by atoms with Gasteiger partial charge in [0.2, 0.25) is 0 Å². The molecule has 110 valence electrons. The minimum atomic E-state index is -0.576. The summed E-state index contributed by atoms with van der Waals surface area (Å²) in [4.78, 5) is 12.0. The Hall–Kier alpha value is -1.75. The van der Waals surface area contributed by atoms with E-state index in [9.17, 15) is 4.79 Å². The van der Waals surface area contributed by atoms with Gasteiger partial charge in [-0.2, -0.15) is 0 Å². The van der Waals surface area contributed by atoms with Crippen molar-refractivity contribution in [2.24, 2.45) is 0 Å². The molecule has 2 rings (SSSR count). The SMILES string of the molecule is COc1ccccc1O[C@H](C)C(=O)NC[C@@H]1CCCO1. The molecule has 1 amide bonds. The standard InChI is InChI=1S/C15H21NO4/c1-11(15(17)16-10-12-6-5-9-19-12)20-14-8-4-3-7-13(14)18-2/h3-4,7-8,11-12H,5-6,9-10H2,1-2H3,(H,16,17)/t11-,12+/m1/s1. The molecule has 0 aliphatic carbocycles. The number of hydrogen-bond donors (Lipinski definition) is 1. The predicted octanol–water partition coefficient (Wildman–Crippen LogP) is 1.76. The number of ether oxygens (including phenoxy) is 3. The van der Waals surface area contributed by atoms with E-state index in [2.05, 4.69) is 5.32 Å². The van der Waals surface area contributed by atoms with Crippen molar-refractivity contribution < 1.29 is 19.0 Å². The fourth-order valence-corrected chi connectivity index (χ4v) is 2.12. The highest BCUT2D eigenvalue weighted by Gasteiger charge is 2.20. The summed E-state index contributed by atoms with van der Waals surface area (Å²) in [5.41, 5.74) is 0.